The first kappa shape index (κ1) is 29.6. The Morgan fingerprint density at radius 2 is 0.964 bits per heavy atom. The molecule has 0 unspecified atom stereocenters. The topological polar surface area (TPSA) is 26.3 Å². The van der Waals surface area contributed by atoms with E-state index in [1.54, 1.807) is 0 Å². The minimum Gasteiger partial charge on any atom is -0.463 e. The number of hydrogen-bond donors (Lipinski definition) is 0. The summed E-state index contributed by atoms with van der Waals surface area (Å²) in [6, 6.07) is 1.47. The van der Waals surface area contributed by atoms with E-state index in [1.165, 1.54) is 115 Å². The molecule has 0 aromatic rings. The van der Waals surface area contributed by atoms with Crippen molar-refractivity contribution in [3.05, 3.63) is 12.7 Å². The van der Waals surface area contributed by atoms with E-state index in [9.17, 15) is 4.79 Å². The number of halogens is 3. The lowest BCUT2D eigenvalue weighted by molar-refractivity contribution is -0.137. The van der Waals surface area contributed by atoms with Gasteiger partial charge in [-0.25, -0.2) is 4.79 Å². The second-order valence-electron chi connectivity index (χ2n) is 7.75. The summed E-state index contributed by atoms with van der Waals surface area (Å²) >= 11 is 8.04. The number of unbranched alkanes of at least 4 members (excludes halogenated alkanes) is 16. The molecule has 0 radical (unpaired) electrons. The molecule has 0 amide bonds. The zero-order valence-electron chi connectivity index (χ0n) is 17.7. The van der Waals surface area contributed by atoms with Crippen molar-refractivity contribution in [3.63, 3.8) is 0 Å². The normalized spacial score (nSPS) is 11.5. The molecular formula is C22H41I3O2Si. The molecule has 0 aromatic carbocycles. The lowest BCUT2D eigenvalue weighted by atomic mass is 10.0. The molecule has 2 nitrogen and oxygen atoms in total. The van der Waals surface area contributed by atoms with Gasteiger partial charge < -0.3 is 4.74 Å². The number of carbonyl (C=O) groups excluding carboxylic acids is 1. The Kier molecular flexibility index (Phi) is 23.1. The maximum atomic E-state index is 10.9. The lowest BCUT2D eigenvalue weighted by Gasteiger charge is -2.08. The van der Waals surface area contributed by atoms with Gasteiger partial charge in [0.05, 0.1) is 6.61 Å². The predicted octanol–water partition coefficient (Wildman–Crippen LogP) is 9.59. The summed E-state index contributed by atoms with van der Waals surface area (Å²) in [7, 11) is 0. The Morgan fingerprint density at radius 3 is 1.29 bits per heavy atom. The largest absolute Gasteiger partial charge is 0.463 e. The third kappa shape index (κ3) is 25.7. The second-order valence-corrected chi connectivity index (χ2v) is 44.6. The van der Waals surface area contributed by atoms with Gasteiger partial charge in [0.1, 0.15) is 0 Å². The summed E-state index contributed by atoms with van der Waals surface area (Å²) in [4.78, 5) is 10.9. The predicted molar refractivity (Wildman–Crippen MR) is 152 cm³/mol. The first-order valence-corrected chi connectivity index (χ1v) is 22.9. The SMILES string of the molecule is C=CC(=O)OCCCCCCCCCCCCCCCCCCC[Si](I)(I)I. The molecule has 0 atom stereocenters. The Bertz CT molecular complexity index is 373. The second kappa shape index (κ2) is 21.8. The van der Waals surface area contributed by atoms with Crippen LogP contribution in [0.4, 0.5) is 0 Å². The molecule has 0 N–H and O–H groups in total. The molecule has 166 valence electrons. The van der Waals surface area contributed by atoms with Crippen LogP contribution < -0.4 is 0 Å². The average Bonchev–Trinajstić information content (AvgIpc) is 2.65. The van der Waals surface area contributed by atoms with Gasteiger partial charge in [-0.1, -0.05) is 175 Å². The monoisotopic (exact) mass is 746 g/mol. The van der Waals surface area contributed by atoms with Gasteiger partial charge in [0.15, 0.2) is 0 Å². The standard InChI is InChI=1S/C22H41I3O2Si/c1-2-22(26)27-20-18-16-14-12-10-8-6-4-3-5-7-9-11-13-15-17-19-21-28(23,24)25/h2H,1,3-21H2. The first-order chi connectivity index (χ1) is 13.5. The van der Waals surface area contributed by atoms with Crippen LogP contribution in [0, 0.1) is 0 Å². The highest BCUT2D eigenvalue weighted by Crippen LogP contribution is 2.35. The number of rotatable bonds is 21. The Morgan fingerprint density at radius 1 is 0.643 bits per heavy atom. The van der Waals surface area contributed by atoms with Crippen molar-refractivity contribution in [2.75, 3.05) is 6.61 Å². The molecule has 0 aliphatic carbocycles. The van der Waals surface area contributed by atoms with E-state index in [2.05, 4.69) is 72.0 Å². The molecule has 28 heavy (non-hydrogen) atoms. The summed E-state index contributed by atoms with van der Waals surface area (Å²) in [6.45, 7) is 3.94. The van der Waals surface area contributed by atoms with E-state index in [4.69, 9.17) is 4.74 Å². The van der Waals surface area contributed by atoms with Crippen molar-refractivity contribution in [3.8, 4) is 0 Å². The number of hydrogen-bond acceptors (Lipinski definition) is 2. The van der Waals surface area contributed by atoms with Crippen LogP contribution in [0.5, 0.6) is 0 Å². The summed E-state index contributed by atoms with van der Waals surface area (Å²) in [6.07, 6.45) is 24.6. The van der Waals surface area contributed by atoms with Gasteiger partial charge in [0, 0.05) is 6.08 Å². The molecule has 0 spiro atoms. The van der Waals surface area contributed by atoms with Crippen LogP contribution in [-0.2, 0) is 9.53 Å². The van der Waals surface area contributed by atoms with Gasteiger partial charge in [-0.3, -0.25) is 0 Å². The molecule has 0 rings (SSSR count). The maximum Gasteiger partial charge on any atom is 0.330 e. The molecule has 6 heteroatoms. The summed E-state index contributed by atoms with van der Waals surface area (Å²) < 4.78 is 4.09. The van der Waals surface area contributed by atoms with Crippen LogP contribution in [0.1, 0.15) is 109 Å². The Hall–Kier alpha value is 1.62. The van der Waals surface area contributed by atoms with E-state index in [-0.39, 0.29) is 5.97 Å². The van der Waals surface area contributed by atoms with Crippen LogP contribution in [0.2, 0.25) is 6.04 Å². The molecule has 0 saturated heterocycles. The zero-order chi connectivity index (χ0) is 20.9. The Labute approximate surface area is 213 Å². The number of carbonyl (C=O) groups is 1. The van der Waals surface area contributed by atoms with Crippen molar-refractivity contribution in [2.24, 2.45) is 0 Å². The van der Waals surface area contributed by atoms with Crippen LogP contribution in [0.25, 0.3) is 0 Å². The van der Waals surface area contributed by atoms with Crippen molar-refractivity contribution in [1.29, 1.82) is 0 Å². The van der Waals surface area contributed by atoms with Gasteiger partial charge in [-0.05, 0) is 12.5 Å². The van der Waals surface area contributed by atoms with Crippen LogP contribution in [-0.4, -0.2) is 13.1 Å². The average molecular weight is 746 g/mol. The molecule has 0 saturated carbocycles. The van der Waals surface area contributed by atoms with Crippen LogP contribution in [0.15, 0.2) is 12.7 Å². The van der Waals surface area contributed by atoms with Crippen molar-refractivity contribution in [1.82, 2.24) is 0 Å². The number of ether oxygens (including phenoxy) is 1. The molecule has 0 aliphatic rings. The Balaban J connectivity index is 3.07. The van der Waals surface area contributed by atoms with Crippen LogP contribution in [0.3, 0.4) is 0 Å². The van der Waals surface area contributed by atoms with Gasteiger partial charge in [0.25, 0.3) is 0.564 Å². The van der Waals surface area contributed by atoms with Gasteiger partial charge in [-0.15, -0.1) is 0 Å². The van der Waals surface area contributed by atoms with E-state index >= 15 is 0 Å². The fourth-order valence-electron chi connectivity index (χ4n) is 3.31. The zero-order valence-corrected chi connectivity index (χ0v) is 25.1. The number of esters is 1. The summed E-state index contributed by atoms with van der Waals surface area (Å²) in [5.74, 6) is -0.299. The highest BCUT2D eigenvalue weighted by Gasteiger charge is 2.19. The van der Waals surface area contributed by atoms with Crippen molar-refractivity contribution < 1.29 is 9.53 Å². The highest BCUT2D eigenvalue weighted by molar-refractivity contribution is 14.4. The quantitative estimate of drug-likeness (QED) is 0.0292. The molecule has 0 aromatic heterocycles. The van der Waals surface area contributed by atoms with Gasteiger partial charge >= 0.3 is 5.97 Å². The van der Waals surface area contributed by atoms with E-state index in [0.29, 0.717) is 6.61 Å². The maximum absolute atomic E-state index is 10.9. The van der Waals surface area contributed by atoms with Crippen molar-refractivity contribution >= 4 is 71.9 Å². The van der Waals surface area contributed by atoms with Gasteiger partial charge in [0.2, 0.25) is 0 Å². The van der Waals surface area contributed by atoms with Crippen molar-refractivity contribution in [2.45, 2.75) is 115 Å². The van der Waals surface area contributed by atoms with Gasteiger partial charge in [-0.2, -0.15) is 0 Å². The minimum absolute atomic E-state index is 0.299. The molecular weight excluding hydrogens is 705 g/mol. The summed E-state index contributed by atoms with van der Waals surface area (Å²) in [5, 5.41) is 0. The summed E-state index contributed by atoms with van der Waals surface area (Å²) in [5.41, 5.74) is 0. The molecule has 0 aliphatic heterocycles. The fraction of sp³-hybridized carbons (Fsp3) is 0.864. The molecule has 0 bridgehead atoms. The van der Waals surface area contributed by atoms with E-state index in [0.717, 1.165) is 6.42 Å². The highest BCUT2D eigenvalue weighted by atomic mass is 127. The first-order valence-electron chi connectivity index (χ1n) is 11.3. The lowest BCUT2D eigenvalue weighted by Crippen LogP contribution is -2.03. The molecule has 0 heterocycles. The van der Waals surface area contributed by atoms with E-state index < -0.39 is 0.564 Å². The smallest absolute Gasteiger partial charge is 0.330 e. The van der Waals surface area contributed by atoms with E-state index in [1.807, 2.05) is 0 Å². The minimum atomic E-state index is -0.882. The molecule has 0 fully saturated rings. The van der Waals surface area contributed by atoms with Crippen LogP contribution >= 0.6 is 65.4 Å². The third-order valence-electron chi connectivity index (χ3n) is 5.02. The third-order valence-corrected chi connectivity index (χ3v) is 10.8. The fourth-order valence-corrected chi connectivity index (χ4v) is 7.39.